The standard InChI is InChI=1S/C21H36N4O2/c1-2-3-12-16-20(26)21(27)22-17-14-11-9-7-5-4-6-8-10-13-15-19-18-23-25-24-19/h5,7H,2-4,6,8-18H2,1H3,(H,22,27)/b7-5-. The second-order valence-corrected chi connectivity index (χ2v) is 7.11. The molecule has 6 nitrogen and oxygen atoms in total. The maximum absolute atomic E-state index is 11.6. The normalized spacial score (nSPS) is 13.3. The Labute approximate surface area is 164 Å². The fourth-order valence-electron chi connectivity index (χ4n) is 2.89. The van der Waals surface area contributed by atoms with Crippen molar-refractivity contribution >= 4 is 17.4 Å². The van der Waals surface area contributed by atoms with Crippen LogP contribution in [-0.2, 0) is 9.59 Å². The van der Waals surface area contributed by atoms with E-state index >= 15 is 0 Å². The molecule has 0 fully saturated rings. The third kappa shape index (κ3) is 13.0. The number of allylic oxidation sites excluding steroid dienone is 2. The number of unbranched alkanes of at least 4 members (excludes halogenated alkanes) is 8. The van der Waals surface area contributed by atoms with Crippen molar-refractivity contribution in [2.24, 2.45) is 15.4 Å². The van der Waals surface area contributed by atoms with Crippen LogP contribution in [0.5, 0.6) is 0 Å². The number of nitrogens with zero attached hydrogens (tertiary/aromatic N) is 3. The second-order valence-electron chi connectivity index (χ2n) is 7.11. The zero-order valence-electron chi connectivity index (χ0n) is 16.9. The Hall–Kier alpha value is -1.85. The van der Waals surface area contributed by atoms with E-state index in [4.69, 9.17) is 0 Å². The SMILES string of the molecule is CCCCCC(=O)C(=O)NCCCC/C=C\CCCCCCC1=NN=NC1. The number of carbonyl (C=O) groups is 2. The third-order valence-corrected chi connectivity index (χ3v) is 4.60. The molecule has 0 bridgehead atoms. The van der Waals surface area contributed by atoms with Gasteiger partial charge in [-0.05, 0) is 56.6 Å². The first-order valence-corrected chi connectivity index (χ1v) is 10.6. The van der Waals surface area contributed by atoms with E-state index in [2.05, 4.69) is 39.8 Å². The van der Waals surface area contributed by atoms with Crippen LogP contribution in [0.1, 0.15) is 90.4 Å². The van der Waals surface area contributed by atoms with Crippen LogP contribution in [0.2, 0.25) is 0 Å². The van der Waals surface area contributed by atoms with Gasteiger partial charge in [0.25, 0.3) is 5.91 Å². The zero-order valence-corrected chi connectivity index (χ0v) is 16.9. The second kappa shape index (κ2) is 16.3. The molecule has 0 saturated heterocycles. The lowest BCUT2D eigenvalue weighted by molar-refractivity contribution is -0.138. The quantitative estimate of drug-likeness (QED) is 0.216. The summed E-state index contributed by atoms with van der Waals surface area (Å²) in [7, 11) is 0. The zero-order chi connectivity index (χ0) is 19.6. The first-order chi connectivity index (χ1) is 13.2. The fraction of sp³-hybridized carbons (Fsp3) is 0.762. The largest absolute Gasteiger partial charge is 0.350 e. The molecule has 0 aliphatic carbocycles. The lowest BCUT2D eigenvalue weighted by Crippen LogP contribution is -2.31. The summed E-state index contributed by atoms with van der Waals surface area (Å²) in [5, 5.41) is 14.2. The van der Waals surface area contributed by atoms with E-state index in [0.29, 0.717) is 19.5 Å². The molecule has 0 saturated carbocycles. The summed E-state index contributed by atoms with van der Waals surface area (Å²) in [5.74, 6) is -0.685. The molecule has 27 heavy (non-hydrogen) atoms. The highest BCUT2D eigenvalue weighted by Gasteiger charge is 2.11. The van der Waals surface area contributed by atoms with Gasteiger partial charge in [0.15, 0.2) is 0 Å². The van der Waals surface area contributed by atoms with E-state index in [0.717, 1.165) is 57.1 Å². The molecule has 1 N–H and O–H groups in total. The number of rotatable bonds is 17. The number of nitrogens with one attached hydrogen (secondary N) is 1. The van der Waals surface area contributed by atoms with Gasteiger partial charge in [-0.3, -0.25) is 9.59 Å². The van der Waals surface area contributed by atoms with E-state index in [1.165, 1.54) is 25.7 Å². The summed E-state index contributed by atoms with van der Waals surface area (Å²) in [6.45, 7) is 3.38. The van der Waals surface area contributed by atoms with Gasteiger partial charge >= 0.3 is 0 Å². The highest BCUT2D eigenvalue weighted by Crippen LogP contribution is 2.09. The molecule has 6 heteroatoms. The Balaban J connectivity index is 1.83. The maximum atomic E-state index is 11.6. The van der Waals surface area contributed by atoms with E-state index in [1.54, 1.807) is 0 Å². The Morgan fingerprint density at radius 1 is 0.963 bits per heavy atom. The molecule has 0 aromatic heterocycles. The molecule has 0 atom stereocenters. The molecular weight excluding hydrogens is 340 g/mol. The van der Waals surface area contributed by atoms with Crippen molar-refractivity contribution in [1.82, 2.24) is 5.32 Å². The van der Waals surface area contributed by atoms with Crippen molar-refractivity contribution < 1.29 is 9.59 Å². The van der Waals surface area contributed by atoms with E-state index in [1.807, 2.05) is 0 Å². The van der Waals surface area contributed by atoms with Gasteiger partial charge in [-0.1, -0.05) is 44.8 Å². The van der Waals surface area contributed by atoms with Crippen molar-refractivity contribution in [3.8, 4) is 0 Å². The lowest BCUT2D eigenvalue weighted by atomic mass is 10.1. The van der Waals surface area contributed by atoms with E-state index in [9.17, 15) is 9.59 Å². The van der Waals surface area contributed by atoms with Gasteiger partial charge in [0.05, 0.1) is 5.71 Å². The Bertz CT molecular complexity index is 512. The van der Waals surface area contributed by atoms with Crippen LogP contribution in [0.15, 0.2) is 27.6 Å². The van der Waals surface area contributed by atoms with Crippen LogP contribution >= 0.6 is 0 Å². The lowest BCUT2D eigenvalue weighted by Gasteiger charge is -2.03. The molecule has 0 radical (unpaired) electrons. The Morgan fingerprint density at radius 3 is 2.41 bits per heavy atom. The average Bonchev–Trinajstić information content (AvgIpc) is 3.18. The van der Waals surface area contributed by atoms with Crippen LogP contribution in [0.25, 0.3) is 0 Å². The molecule has 1 aliphatic rings. The molecule has 0 aromatic carbocycles. The molecule has 0 spiro atoms. The number of amides is 1. The predicted octanol–water partition coefficient (Wildman–Crippen LogP) is 5.14. The van der Waals surface area contributed by atoms with E-state index < -0.39 is 5.91 Å². The number of carbonyl (C=O) groups excluding carboxylic acids is 2. The minimum atomic E-state index is -0.412. The van der Waals surface area contributed by atoms with Crippen LogP contribution in [0.4, 0.5) is 0 Å². The topological polar surface area (TPSA) is 83.2 Å². The monoisotopic (exact) mass is 376 g/mol. The summed E-state index contributed by atoms with van der Waals surface area (Å²) in [6, 6.07) is 0. The maximum Gasteiger partial charge on any atom is 0.287 e. The van der Waals surface area contributed by atoms with Crippen molar-refractivity contribution in [3.63, 3.8) is 0 Å². The van der Waals surface area contributed by atoms with Crippen LogP contribution in [0.3, 0.4) is 0 Å². The van der Waals surface area contributed by atoms with Crippen LogP contribution in [-0.4, -0.2) is 30.5 Å². The molecule has 1 rings (SSSR count). The van der Waals surface area contributed by atoms with Gasteiger partial charge in [-0.15, -0.1) is 5.10 Å². The molecule has 1 aliphatic heterocycles. The van der Waals surface area contributed by atoms with E-state index in [-0.39, 0.29) is 5.78 Å². The Morgan fingerprint density at radius 2 is 1.70 bits per heavy atom. The van der Waals surface area contributed by atoms with Crippen LogP contribution < -0.4 is 5.32 Å². The minimum absolute atomic E-state index is 0.274. The van der Waals surface area contributed by atoms with Crippen LogP contribution in [0, 0.1) is 0 Å². The molecule has 1 amide bonds. The van der Waals surface area contributed by atoms with Crippen molar-refractivity contribution in [3.05, 3.63) is 12.2 Å². The van der Waals surface area contributed by atoms with Gasteiger partial charge in [0.2, 0.25) is 5.78 Å². The number of hydrogen-bond acceptors (Lipinski definition) is 5. The summed E-state index contributed by atoms with van der Waals surface area (Å²) < 4.78 is 0. The van der Waals surface area contributed by atoms with Crippen molar-refractivity contribution in [1.29, 1.82) is 0 Å². The van der Waals surface area contributed by atoms with Gasteiger partial charge in [0, 0.05) is 13.0 Å². The smallest absolute Gasteiger partial charge is 0.287 e. The number of hydrogen-bond donors (Lipinski definition) is 1. The first-order valence-electron chi connectivity index (χ1n) is 10.6. The number of Topliss-reactive ketones (excluding diaryl/α,β-unsaturated/α-hetero) is 1. The minimum Gasteiger partial charge on any atom is -0.350 e. The van der Waals surface area contributed by atoms with Gasteiger partial charge in [-0.2, -0.15) is 5.11 Å². The van der Waals surface area contributed by atoms with Crippen molar-refractivity contribution in [2.45, 2.75) is 90.4 Å². The molecule has 1 heterocycles. The molecular formula is C21H36N4O2. The summed E-state index contributed by atoms with van der Waals surface area (Å²) >= 11 is 0. The predicted molar refractivity (Wildman–Crippen MR) is 110 cm³/mol. The number of ketones is 1. The molecule has 0 aromatic rings. The van der Waals surface area contributed by atoms with Gasteiger partial charge < -0.3 is 5.32 Å². The highest BCUT2D eigenvalue weighted by molar-refractivity contribution is 6.36. The van der Waals surface area contributed by atoms with Crippen molar-refractivity contribution in [2.75, 3.05) is 13.1 Å². The Kier molecular flexibility index (Phi) is 14.0. The molecule has 152 valence electrons. The highest BCUT2D eigenvalue weighted by atomic mass is 16.2. The first kappa shape index (κ1) is 23.2. The van der Waals surface area contributed by atoms with Gasteiger partial charge in [-0.25, -0.2) is 0 Å². The summed E-state index contributed by atoms with van der Waals surface area (Å²) in [4.78, 5) is 23.2. The van der Waals surface area contributed by atoms with Gasteiger partial charge in [0.1, 0.15) is 6.54 Å². The average molecular weight is 377 g/mol. The summed E-state index contributed by atoms with van der Waals surface area (Å²) in [6.07, 6.45) is 17.8. The fourth-order valence-corrected chi connectivity index (χ4v) is 2.89. The third-order valence-electron chi connectivity index (χ3n) is 4.60. The molecule has 0 unspecified atom stereocenters. The summed E-state index contributed by atoms with van der Waals surface area (Å²) in [5.41, 5.74) is 1.12.